The molecule has 0 bridgehead atoms. The molecule has 1 aliphatic rings. The van der Waals surface area contributed by atoms with E-state index in [1.165, 1.54) is 12.1 Å². The molecule has 0 radical (unpaired) electrons. The van der Waals surface area contributed by atoms with Crippen molar-refractivity contribution >= 4 is 5.91 Å². The van der Waals surface area contributed by atoms with E-state index in [0.717, 1.165) is 24.8 Å². The zero-order valence-corrected chi connectivity index (χ0v) is 10.4. The third-order valence-electron chi connectivity index (χ3n) is 3.57. The highest BCUT2D eigenvalue weighted by Crippen LogP contribution is 2.26. The van der Waals surface area contributed by atoms with Gasteiger partial charge in [0.1, 0.15) is 5.82 Å². The van der Waals surface area contributed by atoms with E-state index >= 15 is 0 Å². The van der Waals surface area contributed by atoms with Gasteiger partial charge in [0, 0.05) is 19.0 Å². The van der Waals surface area contributed by atoms with Crippen LogP contribution in [-0.4, -0.2) is 11.9 Å². The maximum absolute atomic E-state index is 12.7. The van der Waals surface area contributed by atoms with Gasteiger partial charge in [-0.1, -0.05) is 18.6 Å². The molecular formula is C14H19FN2O. The number of halogens is 1. The first-order valence-electron chi connectivity index (χ1n) is 6.42. The summed E-state index contributed by atoms with van der Waals surface area (Å²) < 4.78 is 12.7. The molecule has 3 N–H and O–H groups in total. The van der Waals surface area contributed by atoms with E-state index in [1.807, 2.05) is 0 Å². The molecule has 18 heavy (non-hydrogen) atoms. The van der Waals surface area contributed by atoms with Crippen LogP contribution in [0.5, 0.6) is 0 Å². The number of amides is 1. The standard InChI is InChI=1S/C14H19FN2O/c15-12-6-4-10(5-7-12)9-17-14(18)8-11-2-1-3-13(11)16/h4-7,11,13H,1-3,8-9,16H2,(H,17,18)/t11-,13+/m0/s1. The van der Waals surface area contributed by atoms with Crippen LogP contribution < -0.4 is 11.1 Å². The summed E-state index contributed by atoms with van der Waals surface area (Å²) in [6.07, 6.45) is 3.69. The molecule has 98 valence electrons. The lowest BCUT2D eigenvalue weighted by Crippen LogP contribution is -2.31. The summed E-state index contributed by atoms with van der Waals surface area (Å²) in [5.74, 6) is 0.0851. The predicted molar refractivity (Wildman–Crippen MR) is 68.2 cm³/mol. The fourth-order valence-electron chi connectivity index (χ4n) is 2.43. The van der Waals surface area contributed by atoms with Crippen LogP contribution in [0.25, 0.3) is 0 Å². The zero-order valence-electron chi connectivity index (χ0n) is 10.4. The molecule has 0 heterocycles. The summed E-state index contributed by atoms with van der Waals surface area (Å²) in [5, 5.41) is 2.85. The first kappa shape index (κ1) is 13.0. The van der Waals surface area contributed by atoms with Gasteiger partial charge in [-0.05, 0) is 36.5 Å². The number of nitrogens with one attached hydrogen (secondary N) is 1. The smallest absolute Gasteiger partial charge is 0.220 e. The second-order valence-corrected chi connectivity index (χ2v) is 4.96. The minimum atomic E-state index is -0.262. The number of hydrogen-bond donors (Lipinski definition) is 2. The minimum Gasteiger partial charge on any atom is -0.352 e. The number of benzene rings is 1. The molecule has 4 heteroatoms. The van der Waals surface area contributed by atoms with Crippen molar-refractivity contribution in [1.29, 1.82) is 0 Å². The van der Waals surface area contributed by atoms with Crippen molar-refractivity contribution in [2.24, 2.45) is 11.7 Å². The van der Waals surface area contributed by atoms with Gasteiger partial charge >= 0.3 is 0 Å². The van der Waals surface area contributed by atoms with Crippen molar-refractivity contribution in [3.05, 3.63) is 35.6 Å². The van der Waals surface area contributed by atoms with Crippen LogP contribution >= 0.6 is 0 Å². The molecule has 0 spiro atoms. The quantitative estimate of drug-likeness (QED) is 0.858. The highest BCUT2D eigenvalue weighted by Gasteiger charge is 2.25. The number of rotatable bonds is 4. The van der Waals surface area contributed by atoms with Crippen LogP contribution in [0.3, 0.4) is 0 Å². The van der Waals surface area contributed by atoms with Crippen molar-refractivity contribution < 1.29 is 9.18 Å². The molecule has 0 unspecified atom stereocenters. The first-order valence-corrected chi connectivity index (χ1v) is 6.42. The highest BCUT2D eigenvalue weighted by atomic mass is 19.1. The SMILES string of the molecule is N[C@@H]1CCC[C@H]1CC(=O)NCc1ccc(F)cc1. The summed E-state index contributed by atoms with van der Waals surface area (Å²) in [7, 11) is 0. The summed E-state index contributed by atoms with van der Waals surface area (Å²) in [6.45, 7) is 0.446. The summed E-state index contributed by atoms with van der Waals surface area (Å²) in [6, 6.07) is 6.32. The Bertz CT molecular complexity index is 405. The van der Waals surface area contributed by atoms with Gasteiger partial charge in [0.2, 0.25) is 5.91 Å². The number of hydrogen-bond acceptors (Lipinski definition) is 2. The van der Waals surface area contributed by atoms with Crippen molar-refractivity contribution in [3.8, 4) is 0 Å². The minimum absolute atomic E-state index is 0.0293. The van der Waals surface area contributed by atoms with Crippen molar-refractivity contribution in [3.63, 3.8) is 0 Å². The van der Waals surface area contributed by atoms with E-state index in [0.29, 0.717) is 18.9 Å². The van der Waals surface area contributed by atoms with E-state index in [9.17, 15) is 9.18 Å². The van der Waals surface area contributed by atoms with Crippen LogP contribution in [-0.2, 0) is 11.3 Å². The lowest BCUT2D eigenvalue weighted by atomic mass is 10.00. The van der Waals surface area contributed by atoms with Crippen LogP contribution in [0.1, 0.15) is 31.2 Å². The lowest BCUT2D eigenvalue weighted by molar-refractivity contribution is -0.122. The van der Waals surface area contributed by atoms with Gasteiger partial charge in [-0.15, -0.1) is 0 Å². The molecular weight excluding hydrogens is 231 g/mol. The van der Waals surface area contributed by atoms with E-state index in [1.54, 1.807) is 12.1 Å². The number of nitrogens with two attached hydrogens (primary N) is 1. The Morgan fingerprint density at radius 1 is 1.33 bits per heavy atom. The lowest BCUT2D eigenvalue weighted by Gasteiger charge is -2.14. The van der Waals surface area contributed by atoms with Crippen LogP contribution in [0, 0.1) is 11.7 Å². The maximum Gasteiger partial charge on any atom is 0.220 e. The largest absolute Gasteiger partial charge is 0.352 e. The zero-order chi connectivity index (χ0) is 13.0. The van der Waals surface area contributed by atoms with Crippen LogP contribution in [0.4, 0.5) is 4.39 Å². The second-order valence-electron chi connectivity index (χ2n) is 4.96. The van der Waals surface area contributed by atoms with Crippen molar-refractivity contribution in [1.82, 2.24) is 5.32 Å². The van der Waals surface area contributed by atoms with E-state index in [-0.39, 0.29) is 17.8 Å². The second kappa shape index (κ2) is 5.96. The molecule has 3 nitrogen and oxygen atoms in total. The Morgan fingerprint density at radius 2 is 2.06 bits per heavy atom. The summed E-state index contributed by atoms with van der Waals surface area (Å²) in [5.41, 5.74) is 6.83. The maximum atomic E-state index is 12.7. The van der Waals surface area contributed by atoms with Gasteiger partial charge in [-0.25, -0.2) is 4.39 Å². The Labute approximate surface area is 107 Å². The van der Waals surface area contributed by atoms with Gasteiger partial charge < -0.3 is 11.1 Å². The molecule has 1 saturated carbocycles. The molecule has 1 aliphatic carbocycles. The predicted octanol–water partition coefficient (Wildman–Crippen LogP) is 1.96. The van der Waals surface area contributed by atoms with Gasteiger partial charge in [0.25, 0.3) is 0 Å². The topological polar surface area (TPSA) is 55.1 Å². The van der Waals surface area contributed by atoms with E-state index < -0.39 is 0 Å². The molecule has 0 aliphatic heterocycles. The van der Waals surface area contributed by atoms with E-state index in [4.69, 9.17) is 5.73 Å². The molecule has 2 rings (SSSR count). The fraction of sp³-hybridized carbons (Fsp3) is 0.500. The normalized spacial score (nSPS) is 23.0. The molecule has 1 aromatic rings. The Morgan fingerprint density at radius 3 is 2.67 bits per heavy atom. The van der Waals surface area contributed by atoms with Crippen molar-refractivity contribution in [2.45, 2.75) is 38.3 Å². The Hall–Kier alpha value is -1.42. The van der Waals surface area contributed by atoms with Crippen LogP contribution in [0.15, 0.2) is 24.3 Å². The summed E-state index contributed by atoms with van der Waals surface area (Å²) >= 11 is 0. The number of carbonyl (C=O) groups is 1. The third-order valence-corrected chi connectivity index (χ3v) is 3.57. The van der Waals surface area contributed by atoms with Gasteiger partial charge in [-0.2, -0.15) is 0 Å². The van der Waals surface area contributed by atoms with E-state index in [2.05, 4.69) is 5.32 Å². The molecule has 0 saturated heterocycles. The fourth-order valence-corrected chi connectivity index (χ4v) is 2.43. The monoisotopic (exact) mass is 250 g/mol. The molecule has 0 aromatic heterocycles. The Kier molecular flexibility index (Phi) is 4.31. The summed E-state index contributed by atoms with van der Waals surface area (Å²) in [4.78, 5) is 11.7. The highest BCUT2D eigenvalue weighted by molar-refractivity contribution is 5.76. The molecule has 1 fully saturated rings. The molecule has 1 aromatic carbocycles. The average molecular weight is 250 g/mol. The molecule has 2 atom stereocenters. The van der Waals surface area contributed by atoms with Crippen molar-refractivity contribution in [2.75, 3.05) is 0 Å². The number of carbonyl (C=O) groups excluding carboxylic acids is 1. The Balaban J connectivity index is 1.76. The van der Waals surface area contributed by atoms with Gasteiger partial charge in [-0.3, -0.25) is 4.79 Å². The molecule has 1 amide bonds. The van der Waals surface area contributed by atoms with Gasteiger partial charge in [0.05, 0.1) is 0 Å². The van der Waals surface area contributed by atoms with Gasteiger partial charge in [0.15, 0.2) is 0 Å². The average Bonchev–Trinajstić information content (AvgIpc) is 2.74. The first-order chi connectivity index (χ1) is 8.65. The third kappa shape index (κ3) is 3.53. The van der Waals surface area contributed by atoms with Crippen LogP contribution in [0.2, 0.25) is 0 Å².